The van der Waals surface area contributed by atoms with Crippen LogP contribution in [0.15, 0.2) is 24.3 Å². The molecule has 16 nitrogen and oxygen atoms in total. The molecule has 0 rings (SSSR count). The van der Waals surface area contributed by atoms with Crippen molar-refractivity contribution in [3.63, 3.8) is 0 Å². The van der Waals surface area contributed by atoms with E-state index in [0.717, 1.165) is 25.7 Å². The Kier molecular flexibility index (Phi) is 33.5. The van der Waals surface area contributed by atoms with Crippen molar-refractivity contribution >= 4 is 73.4 Å². The second-order valence-electron chi connectivity index (χ2n) is 14.3. The van der Waals surface area contributed by atoms with Gasteiger partial charge in [-0.3, -0.25) is 19.2 Å². The van der Waals surface area contributed by atoms with Gasteiger partial charge in [0.15, 0.2) is 0 Å². The maximum atomic E-state index is 11.9. The van der Waals surface area contributed by atoms with Gasteiger partial charge in [0, 0.05) is 36.6 Å². The monoisotopic (exact) mass is 812 g/mol. The van der Waals surface area contributed by atoms with Crippen molar-refractivity contribution in [1.29, 1.82) is 0 Å². The average Bonchev–Trinajstić information content (AvgIpc) is 3.08. The first-order chi connectivity index (χ1) is 25.3. The van der Waals surface area contributed by atoms with Gasteiger partial charge in [0.1, 0.15) is 24.9 Å². The van der Waals surface area contributed by atoms with Crippen LogP contribution in [0.5, 0.6) is 0 Å². The molecule has 0 bridgehead atoms. The number of nitrogens with zero attached hydrogens (tertiary/aromatic N) is 2. The fourth-order valence-corrected chi connectivity index (χ4v) is 6.29. The van der Waals surface area contributed by atoms with Crippen LogP contribution in [0.4, 0.5) is 0 Å². The summed E-state index contributed by atoms with van der Waals surface area (Å²) in [5, 5.41) is 65.4. The topological polar surface area (TPSA) is 254 Å². The molecule has 0 radical (unpaired) electrons. The fourth-order valence-electron chi connectivity index (χ4n) is 6.29. The number of carboxylic acids is 4. The summed E-state index contributed by atoms with van der Waals surface area (Å²) in [6.45, 7) is 11.9. The standard InChI is InChI=1S/2C19H34N2O6.Ca/c2*1-4-5-6-7-8-17(23)20-9-10-21(11-12-22,13-15(2)18(24)25)14-16(3)19(26)27;/h2*4-5,15-16,22H,6-14H2,1-3H3,(H2-,20,23,24,25,26,27);/q;;+2/b2*5-4+;. The van der Waals surface area contributed by atoms with E-state index < -0.39 is 47.5 Å². The number of aliphatic hydroxyl groups excluding tert-OH is 2. The number of quaternary nitrogens is 2. The summed E-state index contributed by atoms with van der Waals surface area (Å²) >= 11 is 0. The molecule has 0 aliphatic heterocycles. The van der Waals surface area contributed by atoms with Crippen molar-refractivity contribution in [2.75, 3.05) is 78.7 Å². The molecule has 2 amide bonds. The van der Waals surface area contributed by atoms with Crippen molar-refractivity contribution in [3.05, 3.63) is 24.3 Å². The number of unbranched alkanes of at least 4 members (excludes halogenated alkanes) is 2. The maximum absolute atomic E-state index is 11.9. The number of rotatable bonds is 30. The molecule has 0 aromatic carbocycles. The van der Waals surface area contributed by atoms with Gasteiger partial charge < -0.3 is 59.8 Å². The van der Waals surface area contributed by atoms with Crippen LogP contribution in [-0.2, 0) is 28.8 Å². The first-order valence-corrected chi connectivity index (χ1v) is 18.9. The molecule has 6 N–H and O–H groups in total. The van der Waals surface area contributed by atoms with Crippen LogP contribution < -0.4 is 20.8 Å². The largest absolute Gasteiger partial charge is 2.00 e. The number of carbonyl (C=O) groups is 6. The van der Waals surface area contributed by atoms with Gasteiger partial charge >= 0.3 is 49.7 Å². The third-order valence-electron chi connectivity index (χ3n) is 9.28. The molecule has 17 heteroatoms. The van der Waals surface area contributed by atoms with E-state index in [1.807, 2.05) is 38.2 Å². The zero-order chi connectivity index (χ0) is 41.7. The Hall–Kier alpha value is -2.60. The quantitative estimate of drug-likeness (QED) is 0.0225. The zero-order valence-electron chi connectivity index (χ0n) is 34.0. The normalized spacial score (nSPS) is 15.6. The number of hydrogen-bond donors (Lipinski definition) is 6. The Labute approximate surface area is 357 Å². The first kappa shape index (κ1) is 56.7. The Balaban J connectivity index is -0.000000966. The molecule has 6 atom stereocenters. The number of nitrogens with one attached hydrogen (secondary N) is 2. The number of aliphatic hydroxyl groups is 2. The third kappa shape index (κ3) is 27.6. The third-order valence-corrected chi connectivity index (χ3v) is 9.28. The van der Waals surface area contributed by atoms with Crippen molar-refractivity contribution < 1.29 is 68.4 Å². The molecule has 0 aromatic rings. The molecule has 0 saturated heterocycles. The minimum absolute atomic E-state index is 0. The van der Waals surface area contributed by atoms with Crippen LogP contribution in [0.25, 0.3) is 0 Å². The summed E-state index contributed by atoms with van der Waals surface area (Å²) in [6, 6.07) is 0. The van der Waals surface area contributed by atoms with Crippen LogP contribution in [0, 0.1) is 23.7 Å². The SMILES string of the molecule is C/C=C/CCCC(=O)NCC[N+](CCO)(CC(C)C(=O)[O-])CC(C)C(=O)O.C/C=C/CCCC(=O)NCC[N+](CCO)(CC(C)C(=O)[O-])CC(C)C(=O)O.[Ca+2]. The van der Waals surface area contributed by atoms with Crippen molar-refractivity contribution in [2.45, 2.75) is 80.1 Å². The molecule has 0 saturated carbocycles. The Morgan fingerprint density at radius 1 is 0.582 bits per heavy atom. The molecule has 0 aromatic heterocycles. The van der Waals surface area contributed by atoms with Gasteiger partial charge in [-0.25, -0.2) is 0 Å². The van der Waals surface area contributed by atoms with Gasteiger partial charge in [0.2, 0.25) is 11.8 Å². The molecular weight excluding hydrogens is 745 g/mol. The van der Waals surface area contributed by atoms with E-state index in [-0.39, 0.29) is 124 Å². The fraction of sp³-hybridized carbons (Fsp3) is 0.737. The van der Waals surface area contributed by atoms with Crippen molar-refractivity contribution in [2.24, 2.45) is 23.7 Å². The van der Waals surface area contributed by atoms with Gasteiger partial charge in [-0.15, -0.1) is 0 Å². The van der Waals surface area contributed by atoms with E-state index >= 15 is 0 Å². The summed E-state index contributed by atoms with van der Waals surface area (Å²) in [4.78, 5) is 68.8. The predicted molar refractivity (Wildman–Crippen MR) is 205 cm³/mol. The average molecular weight is 813 g/mol. The van der Waals surface area contributed by atoms with Crippen LogP contribution in [-0.4, -0.2) is 181 Å². The molecule has 6 unspecified atom stereocenters. The molecule has 0 heterocycles. The molecule has 55 heavy (non-hydrogen) atoms. The van der Waals surface area contributed by atoms with E-state index in [1.165, 1.54) is 13.8 Å². The summed E-state index contributed by atoms with van der Waals surface area (Å²) in [6.07, 6.45) is 11.8. The van der Waals surface area contributed by atoms with Gasteiger partial charge in [0.25, 0.3) is 0 Å². The molecule has 0 aliphatic rings. The number of hydrogen-bond acceptors (Lipinski definition) is 10. The van der Waals surface area contributed by atoms with E-state index in [0.29, 0.717) is 25.9 Å². The number of aliphatic carboxylic acids is 4. The van der Waals surface area contributed by atoms with Crippen LogP contribution >= 0.6 is 0 Å². The number of amides is 2. The zero-order valence-corrected chi connectivity index (χ0v) is 36.2. The van der Waals surface area contributed by atoms with E-state index in [9.17, 15) is 59.4 Å². The second kappa shape index (κ2) is 32.5. The predicted octanol–water partition coefficient (Wildman–Crippen LogP) is -0.851. The summed E-state index contributed by atoms with van der Waals surface area (Å²) in [7, 11) is 0. The van der Waals surface area contributed by atoms with Gasteiger partial charge in [-0.05, 0) is 53.4 Å². The Bertz CT molecular complexity index is 1070. The number of carboxylic acid groups (broad SMARTS) is 4. The number of carbonyl (C=O) groups excluding carboxylic acids is 4. The molecule has 0 aliphatic carbocycles. The molecule has 0 spiro atoms. The smallest absolute Gasteiger partial charge is 0.550 e. The summed E-state index contributed by atoms with van der Waals surface area (Å²) < 4.78 is 0.190. The Morgan fingerprint density at radius 3 is 1.15 bits per heavy atom. The summed E-state index contributed by atoms with van der Waals surface area (Å²) in [5.41, 5.74) is 0. The minimum Gasteiger partial charge on any atom is -0.550 e. The van der Waals surface area contributed by atoms with Crippen molar-refractivity contribution in [3.8, 4) is 0 Å². The van der Waals surface area contributed by atoms with E-state index in [2.05, 4.69) is 10.6 Å². The van der Waals surface area contributed by atoms with Gasteiger partial charge in [-0.2, -0.15) is 0 Å². The van der Waals surface area contributed by atoms with E-state index in [1.54, 1.807) is 13.8 Å². The van der Waals surface area contributed by atoms with Crippen molar-refractivity contribution in [1.82, 2.24) is 10.6 Å². The Morgan fingerprint density at radius 2 is 0.891 bits per heavy atom. The van der Waals surface area contributed by atoms with E-state index in [4.69, 9.17) is 0 Å². The van der Waals surface area contributed by atoms with Gasteiger partial charge in [0.05, 0.1) is 65.6 Å². The van der Waals surface area contributed by atoms with Crippen LogP contribution in [0.2, 0.25) is 0 Å². The molecular formula is C38H68CaN4O12+2. The van der Waals surface area contributed by atoms with Gasteiger partial charge in [-0.1, -0.05) is 38.2 Å². The van der Waals surface area contributed by atoms with Crippen LogP contribution in [0.1, 0.15) is 80.1 Å². The summed E-state index contributed by atoms with van der Waals surface area (Å²) in [5.74, 6) is -7.60. The maximum Gasteiger partial charge on any atom is 2.00 e. The molecule has 312 valence electrons. The first-order valence-electron chi connectivity index (χ1n) is 18.9. The van der Waals surface area contributed by atoms with Crippen LogP contribution in [0.3, 0.4) is 0 Å². The second-order valence-corrected chi connectivity index (χ2v) is 14.3. The molecule has 0 fully saturated rings. The minimum atomic E-state index is -1.22. The number of allylic oxidation sites excluding steroid dienone is 4.